The Balaban J connectivity index is 0. The smallest absolute Gasteiger partial charge is 0.303 e. The number of carbonyl (C=O) groups is 1. The Morgan fingerprint density at radius 1 is 1.40 bits per heavy atom. The molecule has 1 aliphatic rings. The molecule has 15 heavy (non-hydrogen) atoms. The van der Waals surface area contributed by atoms with E-state index in [-0.39, 0.29) is 37.4 Å². The van der Waals surface area contributed by atoms with Gasteiger partial charge in [0, 0.05) is 19.5 Å². The third-order valence-corrected chi connectivity index (χ3v) is 2.17. The Hall–Kier alpha value is -0.0700. The van der Waals surface area contributed by atoms with E-state index < -0.39 is 5.97 Å². The second-order valence-corrected chi connectivity index (χ2v) is 3.15. The molecule has 0 aliphatic carbocycles. The van der Waals surface area contributed by atoms with Gasteiger partial charge in [-0.2, -0.15) is 0 Å². The Bertz CT molecular complexity index is 177. The number of nitrogens with two attached hydrogens (primary N) is 1. The number of carboxylic acid groups (broad SMARTS) is 1. The van der Waals surface area contributed by atoms with Gasteiger partial charge in [-0.3, -0.25) is 9.69 Å². The van der Waals surface area contributed by atoms with Crippen LogP contribution in [-0.2, 0) is 9.53 Å². The molecule has 1 atom stereocenters. The SMILES string of the molecule is Cl.Cl.NC(CCC(=O)O)N1CCOCC1. The first-order chi connectivity index (χ1) is 6.20. The fraction of sp³-hybridized carbons (Fsp3) is 0.875. The van der Waals surface area contributed by atoms with Crippen LogP contribution in [0, 0.1) is 0 Å². The topological polar surface area (TPSA) is 75.8 Å². The van der Waals surface area contributed by atoms with Crippen LogP contribution in [0.5, 0.6) is 0 Å². The van der Waals surface area contributed by atoms with Crippen LogP contribution in [-0.4, -0.2) is 48.4 Å². The molecule has 0 spiro atoms. The number of carboxylic acids is 1. The predicted molar refractivity (Wildman–Crippen MR) is 61.7 cm³/mol. The minimum Gasteiger partial charge on any atom is -0.481 e. The van der Waals surface area contributed by atoms with Crippen LogP contribution in [0.1, 0.15) is 12.8 Å². The molecule has 0 amide bonds. The third-order valence-electron chi connectivity index (χ3n) is 2.17. The van der Waals surface area contributed by atoms with Crippen molar-refractivity contribution >= 4 is 30.8 Å². The second-order valence-electron chi connectivity index (χ2n) is 3.15. The zero-order chi connectivity index (χ0) is 9.68. The van der Waals surface area contributed by atoms with Crippen LogP contribution in [0.2, 0.25) is 0 Å². The molecule has 5 nitrogen and oxygen atoms in total. The molecule has 0 aromatic heterocycles. The number of aliphatic carboxylic acids is 1. The molecule has 0 aromatic carbocycles. The maximum Gasteiger partial charge on any atom is 0.303 e. The minimum atomic E-state index is -0.788. The number of ether oxygens (including phenoxy) is 1. The van der Waals surface area contributed by atoms with Gasteiger partial charge in [-0.1, -0.05) is 0 Å². The summed E-state index contributed by atoms with van der Waals surface area (Å²) in [6, 6.07) is 0. The molecule has 1 saturated heterocycles. The van der Waals surface area contributed by atoms with E-state index in [1.54, 1.807) is 0 Å². The summed E-state index contributed by atoms with van der Waals surface area (Å²) in [5, 5.41) is 8.46. The lowest BCUT2D eigenvalue weighted by molar-refractivity contribution is -0.137. The minimum absolute atomic E-state index is 0. The number of hydrogen-bond acceptors (Lipinski definition) is 4. The maximum atomic E-state index is 10.3. The van der Waals surface area contributed by atoms with Crippen molar-refractivity contribution in [1.82, 2.24) is 4.90 Å². The fourth-order valence-electron chi connectivity index (χ4n) is 1.36. The number of halogens is 2. The summed E-state index contributed by atoms with van der Waals surface area (Å²) in [4.78, 5) is 12.3. The normalized spacial score (nSPS) is 18.5. The van der Waals surface area contributed by atoms with E-state index in [0.29, 0.717) is 19.6 Å². The summed E-state index contributed by atoms with van der Waals surface area (Å²) in [6.45, 7) is 3.00. The monoisotopic (exact) mass is 260 g/mol. The molecule has 3 N–H and O–H groups in total. The Morgan fingerprint density at radius 3 is 2.40 bits per heavy atom. The number of morpholine rings is 1. The highest BCUT2D eigenvalue weighted by Crippen LogP contribution is 2.04. The first kappa shape index (κ1) is 17.3. The molecule has 1 fully saturated rings. The van der Waals surface area contributed by atoms with Gasteiger partial charge in [-0.05, 0) is 6.42 Å². The summed E-state index contributed by atoms with van der Waals surface area (Å²) in [5.74, 6) is -0.788. The van der Waals surface area contributed by atoms with E-state index in [1.807, 2.05) is 0 Å². The fourth-order valence-corrected chi connectivity index (χ4v) is 1.36. The molecule has 0 saturated carbocycles. The van der Waals surface area contributed by atoms with Crippen molar-refractivity contribution in [2.24, 2.45) is 5.73 Å². The van der Waals surface area contributed by atoms with Crippen molar-refractivity contribution in [2.45, 2.75) is 19.0 Å². The van der Waals surface area contributed by atoms with Gasteiger partial charge in [0.2, 0.25) is 0 Å². The summed E-state index contributed by atoms with van der Waals surface area (Å²) in [5.41, 5.74) is 5.80. The Morgan fingerprint density at radius 2 is 1.93 bits per heavy atom. The number of nitrogens with zero attached hydrogens (tertiary/aromatic N) is 1. The quantitative estimate of drug-likeness (QED) is 0.761. The van der Waals surface area contributed by atoms with Crippen LogP contribution in [0.4, 0.5) is 0 Å². The van der Waals surface area contributed by atoms with Gasteiger partial charge in [0.15, 0.2) is 0 Å². The van der Waals surface area contributed by atoms with E-state index in [4.69, 9.17) is 15.6 Å². The zero-order valence-corrected chi connectivity index (χ0v) is 10.1. The molecule has 92 valence electrons. The molecule has 1 unspecified atom stereocenters. The zero-order valence-electron chi connectivity index (χ0n) is 8.42. The first-order valence-corrected chi connectivity index (χ1v) is 4.49. The Kier molecular flexibility index (Phi) is 10.6. The molecule has 7 heteroatoms. The van der Waals surface area contributed by atoms with E-state index in [0.717, 1.165) is 13.1 Å². The molecule has 1 rings (SSSR count). The molecule has 0 bridgehead atoms. The van der Waals surface area contributed by atoms with Gasteiger partial charge in [0.05, 0.1) is 19.4 Å². The summed E-state index contributed by atoms with van der Waals surface area (Å²) >= 11 is 0. The van der Waals surface area contributed by atoms with Crippen molar-refractivity contribution in [3.63, 3.8) is 0 Å². The van der Waals surface area contributed by atoms with E-state index >= 15 is 0 Å². The van der Waals surface area contributed by atoms with Gasteiger partial charge in [-0.15, -0.1) is 24.8 Å². The molecular formula is C8H18Cl2N2O3. The number of hydrogen-bond donors (Lipinski definition) is 2. The summed E-state index contributed by atoms with van der Waals surface area (Å²) in [7, 11) is 0. The van der Waals surface area contributed by atoms with Gasteiger partial charge in [0.25, 0.3) is 0 Å². The van der Waals surface area contributed by atoms with Crippen molar-refractivity contribution in [1.29, 1.82) is 0 Å². The molecule has 0 aromatic rings. The van der Waals surface area contributed by atoms with Crippen molar-refractivity contribution in [2.75, 3.05) is 26.3 Å². The average Bonchev–Trinajstić information content (AvgIpc) is 2.15. The van der Waals surface area contributed by atoms with Crippen LogP contribution >= 0.6 is 24.8 Å². The highest BCUT2D eigenvalue weighted by Gasteiger charge is 2.17. The molecular weight excluding hydrogens is 243 g/mol. The van der Waals surface area contributed by atoms with Crippen molar-refractivity contribution < 1.29 is 14.6 Å². The molecule has 0 radical (unpaired) electrons. The van der Waals surface area contributed by atoms with Gasteiger partial charge >= 0.3 is 5.97 Å². The lowest BCUT2D eigenvalue weighted by Crippen LogP contribution is -2.48. The van der Waals surface area contributed by atoms with Gasteiger partial charge in [-0.25, -0.2) is 0 Å². The lowest BCUT2D eigenvalue weighted by atomic mass is 10.2. The Labute approximate surface area is 102 Å². The van der Waals surface area contributed by atoms with E-state index in [2.05, 4.69) is 4.90 Å². The summed E-state index contributed by atoms with van der Waals surface area (Å²) in [6.07, 6.45) is 0.508. The predicted octanol–water partition coefficient (Wildman–Crippen LogP) is 0.312. The summed E-state index contributed by atoms with van der Waals surface area (Å²) < 4.78 is 5.16. The van der Waals surface area contributed by atoms with Crippen LogP contribution in [0.25, 0.3) is 0 Å². The van der Waals surface area contributed by atoms with Crippen molar-refractivity contribution in [3.05, 3.63) is 0 Å². The van der Waals surface area contributed by atoms with E-state index in [1.165, 1.54) is 0 Å². The maximum absolute atomic E-state index is 10.3. The van der Waals surface area contributed by atoms with Crippen LogP contribution in [0.3, 0.4) is 0 Å². The van der Waals surface area contributed by atoms with Gasteiger partial charge in [0.1, 0.15) is 0 Å². The van der Waals surface area contributed by atoms with Crippen LogP contribution < -0.4 is 5.73 Å². The van der Waals surface area contributed by atoms with Crippen molar-refractivity contribution in [3.8, 4) is 0 Å². The van der Waals surface area contributed by atoms with Crippen LogP contribution in [0.15, 0.2) is 0 Å². The lowest BCUT2D eigenvalue weighted by Gasteiger charge is -2.31. The van der Waals surface area contributed by atoms with Gasteiger partial charge < -0.3 is 15.6 Å². The third kappa shape index (κ3) is 6.92. The first-order valence-electron chi connectivity index (χ1n) is 4.49. The second kappa shape index (κ2) is 9.18. The standard InChI is InChI=1S/C8H16N2O3.2ClH/c9-7(1-2-8(11)12)10-3-5-13-6-4-10;;/h7H,1-6,9H2,(H,11,12);2*1H. The van der Waals surface area contributed by atoms with E-state index in [9.17, 15) is 4.79 Å². The highest BCUT2D eigenvalue weighted by atomic mass is 35.5. The highest BCUT2D eigenvalue weighted by molar-refractivity contribution is 5.85. The number of rotatable bonds is 4. The average molecular weight is 261 g/mol. The largest absolute Gasteiger partial charge is 0.481 e. The molecule has 1 heterocycles. The molecule has 1 aliphatic heterocycles.